The third-order valence-corrected chi connectivity index (χ3v) is 4.43. The molecule has 4 nitrogen and oxygen atoms in total. The van der Waals surface area contributed by atoms with Gasteiger partial charge < -0.3 is 10.6 Å². The van der Waals surface area contributed by atoms with Gasteiger partial charge in [-0.3, -0.25) is 4.79 Å². The molecule has 2 aromatic rings. The van der Waals surface area contributed by atoms with E-state index in [0.717, 1.165) is 23.6 Å². The zero-order valence-corrected chi connectivity index (χ0v) is 12.4. The summed E-state index contributed by atoms with van der Waals surface area (Å²) < 4.78 is 0. The molecule has 1 fully saturated rings. The number of hydrogen-bond acceptors (Lipinski definition) is 3. The molecule has 0 aliphatic heterocycles. The van der Waals surface area contributed by atoms with E-state index < -0.39 is 0 Å². The first-order valence-electron chi connectivity index (χ1n) is 7.59. The molecule has 21 heavy (non-hydrogen) atoms. The summed E-state index contributed by atoms with van der Waals surface area (Å²) in [5.74, 6) is 0.396. The number of nitrogens with two attached hydrogens (primary N) is 1. The van der Waals surface area contributed by atoms with E-state index in [1.807, 2.05) is 42.3 Å². The van der Waals surface area contributed by atoms with E-state index in [2.05, 4.69) is 4.98 Å². The first-order chi connectivity index (χ1) is 10.2. The van der Waals surface area contributed by atoms with Crippen LogP contribution in [0.2, 0.25) is 0 Å². The predicted molar refractivity (Wildman–Crippen MR) is 85.1 cm³/mol. The lowest BCUT2D eigenvalue weighted by molar-refractivity contribution is 0.0690. The maximum absolute atomic E-state index is 12.6. The van der Waals surface area contributed by atoms with Gasteiger partial charge in [-0.15, -0.1) is 0 Å². The molecule has 0 saturated heterocycles. The number of carbonyl (C=O) groups is 1. The van der Waals surface area contributed by atoms with Crippen LogP contribution in [0.15, 0.2) is 30.3 Å². The molecule has 1 aromatic heterocycles. The number of nitrogens with zero attached hydrogens (tertiary/aromatic N) is 2. The first-order valence-corrected chi connectivity index (χ1v) is 7.59. The molecule has 1 saturated carbocycles. The van der Waals surface area contributed by atoms with Crippen molar-refractivity contribution in [1.29, 1.82) is 0 Å². The van der Waals surface area contributed by atoms with E-state index in [4.69, 9.17) is 5.73 Å². The molecule has 0 bridgehead atoms. The molecule has 1 aliphatic rings. The number of anilines is 1. The number of amides is 1. The molecule has 4 heteroatoms. The Hall–Kier alpha value is -2.10. The fraction of sp³-hybridized carbons (Fsp3) is 0.412. The van der Waals surface area contributed by atoms with Crippen molar-refractivity contribution in [2.45, 2.75) is 38.1 Å². The van der Waals surface area contributed by atoms with Crippen LogP contribution in [-0.2, 0) is 0 Å². The second-order valence-electron chi connectivity index (χ2n) is 5.82. The van der Waals surface area contributed by atoms with Crippen molar-refractivity contribution >= 4 is 22.5 Å². The van der Waals surface area contributed by atoms with E-state index in [9.17, 15) is 4.79 Å². The Labute approximate surface area is 125 Å². The molecule has 3 rings (SSSR count). The van der Waals surface area contributed by atoms with Gasteiger partial charge in [-0.05, 0) is 24.3 Å². The number of fused-ring (bicyclic) bond motifs is 1. The molecule has 2 N–H and O–H groups in total. The summed E-state index contributed by atoms with van der Waals surface area (Å²) in [5.41, 5.74) is 6.44. The Morgan fingerprint density at radius 1 is 1.24 bits per heavy atom. The van der Waals surface area contributed by atoms with E-state index in [0.29, 0.717) is 17.6 Å². The van der Waals surface area contributed by atoms with Gasteiger partial charge in [0, 0.05) is 18.5 Å². The molecule has 1 heterocycles. The highest BCUT2D eigenvalue weighted by Crippen LogP contribution is 2.24. The summed E-state index contributed by atoms with van der Waals surface area (Å²) in [6, 6.07) is 9.94. The highest BCUT2D eigenvalue weighted by molar-refractivity contribution is 5.99. The fourth-order valence-electron chi connectivity index (χ4n) is 3.15. The molecule has 0 spiro atoms. The molecule has 1 amide bonds. The van der Waals surface area contributed by atoms with Crippen molar-refractivity contribution < 1.29 is 4.79 Å². The number of nitrogen functional groups attached to an aromatic ring is 1. The van der Waals surface area contributed by atoms with Crippen LogP contribution in [0.5, 0.6) is 0 Å². The Morgan fingerprint density at radius 3 is 2.71 bits per heavy atom. The number of aromatic nitrogens is 1. The Balaban J connectivity index is 1.90. The largest absolute Gasteiger partial charge is 0.383 e. The van der Waals surface area contributed by atoms with Gasteiger partial charge in [0.1, 0.15) is 11.5 Å². The number of rotatable bonds is 2. The monoisotopic (exact) mass is 283 g/mol. The second-order valence-corrected chi connectivity index (χ2v) is 5.82. The van der Waals surface area contributed by atoms with E-state index in [1.165, 1.54) is 19.3 Å². The van der Waals surface area contributed by atoms with Crippen LogP contribution < -0.4 is 5.73 Å². The maximum atomic E-state index is 12.6. The average molecular weight is 283 g/mol. The van der Waals surface area contributed by atoms with E-state index >= 15 is 0 Å². The fourth-order valence-corrected chi connectivity index (χ4v) is 3.15. The van der Waals surface area contributed by atoms with Crippen LogP contribution in [0.3, 0.4) is 0 Å². The van der Waals surface area contributed by atoms with Gasteiger partial charge in [-0.25, -0.2) is 4.98 Å². The van der Waals surface area contributed by atoms with Crippen molar-refractivity contribution in [2.24, 2.45) is 0 Å². The lowest BCUT2D eigenvalue weighted by Gasteiger charge is -2.31. The summed E-state index contributed by atoms with van der Waals surface area (Å²) in [6.07, 6.45) is 5.86. The van der Waals surface area contributed by atoms with Crippen LogP contribution in [0, 0.1) is 0 Å². The van der Waals surface area contributed by atoms with Gasteiger partial charge in [0.15, 0.2) is 0 Å². The minimum absolute atomic E-state index is 0.0284. The number of benzene rings is 1. The topological polar surface area (TPSA) is 59.2 Å². The van der Waals surface area contributed by atoms with Crippen LogP contribution in [-0.4, -0.2) is 28.9 Å². The Bertz CT molecular complexity index is 662. The number of carbonyl (C=O) groups excluding carboxylic acids is 1. The Kier molecular flexibility index (Phi) is 3.78. The highest BCUT2D eigenvalue weighted by Gasteiger charge is 2.24. The minimum Gasteiger partial charge on any atom is -0.383 e. The minimum atomic E-state index is -0.0284. The summed E-state index contributed by atoms with van der Waals surface area (Å²) >= 11 is 0. The molecular weight excluding hydrogens is 262 g/mol. The normalized spacial score (nSPS) is 16.0. The quantitative estimate of drug-likeness (QED) is 0.920. The van der Waals surface area contributed by atoms with Crippen molar-refractivity contribution in [3.63, 3.8) is 0 Å². The van der Waals surface area contributed by atoms with Crippen molar-refractivity contribution in [2.75, 3.05) is 12.8 Å². The van der Waals surface area contributed by atoms with Gasteiger partial charge in [0.25, 0.3) is 5.91 Å². The molecule has 1 aliphatic carbocycles. The van der Waals surface area contributed by atoms with Gasteiger partial charge >= 0.3 is 0 Å². The van der Waals surface area contributed by atoms with Gasteiger partial charge in [0.05, 0.1) is 0 Å². The van der Waals surface area contributed by atoms with Crippen LogP contribution in [0.25, 0.3) is 10.8 Å². The van der Waals surface area contributed by atoms with Gasteiger partial charge in [-0.2, -0.15) is 0 Å². The third-order valence-electron chi connectivity index (χ3n) is 4.43. The molecule has 110 valence electrons. The first kappa shape index (κ1) is 13.9. The van der Waals surface area contributed by atoms with Crippen molar-refractivity contribution in [1.82, 2.24) is 9.88 Å². The third kappa shape index (κ3) is 2.71. The SMILES string of the molecule is CN(C(=O)c1cc2ccccc2c(N)n1)C1CCCCC1. The lowest BCUT2D eigenvalue weighted by atomic mass is 9.94. The smallest absolute Gasteiger partial charge is 0.272 e. The summed E-state index contributed by atoms with van der Waals surface area (Å²) in [6.45, 7) is 0. The molecule has 0 unspecified atom stereocenters. The van der Waals surface area contributed by atoms with Crippen molar-refractivity contribution in [3.8, 4) is 0 Å². The number of hydrogen-bond donors (Lipinski definition) is 1. The standard InChI is InChI=1S/C17H21N3O/c1-20(13-8-3-2-4-9-13)17(21)15-11-12-7-5-6-10-14(12)16(18)19-15/h5-7,10-11,13H,2-4,8-9H2,1H3,(H2,18,19). The van der Waals surface area contributed by atoms with Crippen molar-refractivity contribution in [3.05, 3.63) is 36.0 Å². The Morgan fingerprint density at radius 2 is 1.95 bits per heavy atom. The van der Waals surface area contributed by atoms with Gasteiger partial charge in [0.2, 0.25) is 0 Å². The zero-order chi connectivity index (χ0) is 14.8. The molecular formula is C17H21N3O. The van der Waals surface area contributed by atoms with E-state index in [1.54, 1.807) is 0 Å². The van der Waals surface area contributed by atoms with Crippen LogP contribution >= 0.6 is 0 Å². The average Bonchev–Trinajstić information content (AvgIpc) is 2.54. The summed E-state index contributed by atoms with van der Waals surface area (Å²) in [5, 5.41) is 1.86. The second kappa shape index (κ2) is 5.72. The number of pyridine rings is 1. The summed E-state index contributed by atoms with van der Waals surface area (Å²) in [7, 11) is 1.88. The highest BCUT2D eigenvalue weighted by atomic mass is 16.2. The van der Waals surface area contributed by atoms with Gasteiger partial charge in [-0.1, -0.05) is 43.5 Å². The predicted octanol–water partition coefficient (Wildman–Crippen LogP) is 3.22. The maximum Gasteiger partial charge on any atom is 0.272 e. The molecule has 1 aromatic carbocycles. The summed E-state index contributed by atoms with van der Waals surface area (Å²) in [4.78, 5) is 18.8. The van der Waals surface area contributed by atoms with E-state index in [-0.39, 0.29) is 5.91 Å². The molecule has 0 radical (unpaired) electrons. The van der Waals surface area contributed by atoms with Crippen LogP contribution in [0.1, 0.15) is 42.6 Å². The molecule has 0 atom stereocenters. The van der Waals surface area contributed by atoms with Crippen LogP contribution in [0.4, 0.5) is 5.82 Å². The lowest BCUT2D eigenvalue weighted by Crippen LogP contribution is -2.38. The zero-order valence-electron chi connectivity index (χ0n) is 12.4.